The van der Waals surface area contributed by atoms with E-state index in [1.807, 2.05) is 0 Å². The Kier molecular flexibility index (Phi) is 3.46. The highest BCUT2D eigenvalue weighted by Gasteiger charge is 2.21. The molecule has 0 aliphatic rings. The fourth-order valence-electron chi connectivity index (χ4n) is 1.19. The maximum absolute atomic E-state index is 11.3. The van der Waals surface area contributed by atoms with Crippen molar-refractivity contribution in [2.45, 2.75) is 13.5 Å². The Morgan fingerprint density at radius 1 is 1.53 bits per heavy atom. The van der Waals surface area contributed by atoms with E-state index in [4.69, 9.17) is 10.2 Å². The van der Waals surface area contributed by atoms with Gasteiger partial charge in [-0.05, 0) is 6.92 Å². The topological polar surface area (TPSA) is 99.6 Å². The number of esters is 1. The van der Waals surface area contributed by atoms with Gasteiger partial charge in [-0.25, -0.2) is 9.59 Å². The number of aromatic nitrogens is 1. The normalized spacial score (nSPS) is 10.0. The second kappa shape index (κ2) is 4.61. The molecule has 82 valence electrons. The zero-order valence-electron chi connectivity index (χ0n) is 8.11. The third kappa shape index (κ3) is 2.16. The van der Waals surface area contributed by atoms with Gasteiger partial charge in [0.2, 0.25) is 0 Å². The fraction of sp³-hybridized carbons (Fsp3) is 0.333. The molecule has 0 saturated heterocycles. The van der Waals surface area contributed by atoms with Crippen LogP contribution in [0, 0.1) is 0 Å². The number of aromatic carboxylic acids is 1. The molecule has 0 saturated carbocycles. The molecule has 0 fully saturated rings. The first-order valence-electron chi connectivity index (χ1n) is 4.33. The third-order valence-corrected chi connectivity index (χ3v) is 1.86. The predicted octanol–water partition coefficient (Wildman–Crippen LogP) is 0.382. The number of H-pyrrole nitrogens is 1. The molecule has 1 heterocycles. The van der Waals surface area contributed by atoms with E-state index in [1.54, 1.807) is 6.92 Å². The van der Waals surface area contributed by atoms with E-state index in [0.717, 1.165) is 6.20 Å². The summed E-state index contributed by atoms with van der Waals surface area (Å²) in [6.07, 6.45) is 1.15. The van der Waals surface area contributed by atoms with E-state index >= 15 is 0 Å². The molecular weight excluding hydrogens is 202 g/mol. The predicted molar refractivity (Wildman–Crippen MR) is 49.6 cm³/mol. The van der Waals surface area contributed by atoms with Crippen molar-refractivity contribution in [1.29, 1.82) is 0 Å². The minimum Gasteiger partial charge on any atom is -0.478 e. The Morgan fingerprint density at radius 3 is 2.67 bits per heavy atom. The van der Waals surface area contributed by atoms with Crippen molar-refractivity contribution in [3.63, 3.8) is 0 Å². The number of carboxylic acid groups (broad SMARTS) is 1. The van der Waals surface area contributed by atoms with Crippen LogP contribution >= 0.6 is 0 Å². The van der Waals surface area contributed by atoms with Crippen molar-refractivity contribution >= 4 is 11.9 Å². The van der Waals surface area contributed by atoms with Gasteiger partial charge in [-0.2, -0.15) is 0 Å². The summed E-state index contributed by atoms with van der Waals surface area (Å²) in [5, 5.41) is 17.7. The minimum atomic E-state index is -1.20. The lowest BCUT2D eigenvalue weighted by Crippen LogP contribution is -2.09. The van der Waals surface area contributed by atoms with Crippen LogP contribution < -0.4 is 0 Å². The largest absolute Gasteiger partial charge is 0.478 e. The standard InChI is InChI=1S/C9H11NO5/c1-2-15-9(14)7-6(4-11)5(3-10-7)8(12)13/h3,10-11H,2,4H2,1H3,(H,12,13). The van der Waals surface area contributed by atoms with Crippen LogP contribution in [-0.2, 0) is 11.3 Å². The second-order valence-electron chi connectivity index (χ2n) is 2.74. The molecule has 6 heteroatoms. The molecule has 0 atom stereocenters. The Morgan fingerprint density at radius 2 is 2.20 bits per heavy atom. The average Bonchev–Trinajstić information content (AvgIpc) is 2.61. The van der Waals surface area contributed by atoms with Crippen molar-refractivity contribution in [2.24, 2.45) is 0 Å². The van der Waals surface area contributed by atoms with E-state index in [1.165, 1.54) is 0 Å². The van der Waals surface area contributed by atoms with Gasteiger partial charge in [0.15, 0.2) is 0 Å². The van der Waals surface area contributed by atoms with Crippen molar-refractivity contribution in [1.82, 2.24) is 4.98 Å². The summed E-state index contributed by atoms with van der Waals surface area (Å²) in [5.74, 6) is -1.88. The smallest absolute Gasteiger partial charge is 0.355 e. The van der Waals surface area contributed by atoms with Crippen LogP contribution in [0.2, 0.25) is 0 Å². The molecule has 0 aromatic carbocycles. The van der Waals surface area contributed by atoms with Crippen molar-refractivity contribution in [2.75, 3.05) is 6.61 Å². The van der Waals surface area contributed by atoms with Crippen molar-refractivity contribution in [3.8, 4) is 0 Å². The second-order valence-corrected chi connectivity index (χ2v) is 2.74. The summed E-state index contributed by atoms with van der Waals surface area (Å²) in [4.78, 5) is 24.5. The first kappa shape index (κ1) is 11.3. The number of aromatic amines is 1. The number of nitrogens with one attached hydrogen (secondary N) is 1. The molecule has 15 heavy (non-hydrogen) atoms. The molecule has 0 unspecified atom stereocenters. The van der Waals surface area contributed by atoms with E-state index < -0.39 is 18.5 Å². The van der Waals surface area contributed by atoms with Gasteiger partial charge in [-0.15, -0.1) is 0 Å². The highest BCUT2D eigenvalue weighted by atomic mass is 16.5. The Bertz CT molecular complexity index is 382. The molecule has 0 aliphatic carbocycles. The molecule has 0 amide bonds. The molecule has 0 aliphatic heterocycles. The third-order valence-electron chi connectivity index (χ3n) is 1.86. The highest BCUT2D eigenvalue weighted by molar-refractivity contribution is 5.96. The highest BCUT2D eigenvalue weighted by Crippen LogP contribution is 2.15. The summed E-state index contributed by atoms with van der Waals surface area (Å²) in [5.41, 5.74) is -0.0988. The molecule has 0 radical (unpaired) electrons. The van der Waals surface area contributed by atoms with Gasteiger partial charge in [0.05, 0.1) is 18.8 Å². The van der Waals surface area contributed by atoms with Gasteiger partial charge in [0, 0.05) is 11.8 Å². The van der Waals surface area contributed by atoms with E-state index in [-0.39, 0.29) is 23.4 Å². The first-order valence-corrected chi connectivity index (χ1v) is 4.33. The van der Waals surface area contributed by atoms with Crippen LogP contribution in [0.3, 0.4) is 0 Å². The Labute approximate surface area is 85.5 Å². The fourth-order valence-corrected chi connectivity index (χ4v) is 1.19. The van der Waals surface area contributed by atoms with Gasteiger partial charge in [-0.1, -0.05) is 0 Å². The molecule has 1 aromatic rings. The maximum Gasteiger partial charge on any atom is 0.355 e. The molecule has 0 bridgehead atoms. The number of carbonyl (C=O) groups excluding carboxylic acids is 1. The number of carbonyl (C=O) groups is 2. The lowest BCUT2D eigenvalue weighted by Gasteiger charge is -2.01. The van der Waals surface area contributed by atoms with E-state index in [2.05, 4.69) is 9.72 Å². The van der Waals surface area contributed by atoms with Crippen LogP contribution in [0.1, 0.15) is 33.3 Å². The minimum absolute atomic E-state index is 0.0169. The summed E-state index contributed by atoms with van der Waals surface area (Å²) in [7, 11) is 0. The molecule has 6 nitrogen and oxygen atoms in total. The SMILES string of the molecule is CCOC(=O)c1[nH]cc(C(=O)O)c1CO. The van der Waals surface area contributed by atoms with Crippen LogP contribution in [0.25, 0.3) is 0 Å². The number of hydrogen-bond acceptors (Lipinski definition) is 4. The maximum atomic E-state index is 11.3. The van der Waals surface area contributed by atoms with Crippen LogP contribution in [0.15, 0.2) is 6.20 Å². The lowest BCUT2D eigenvalue weighted by molar-refractivity contribution is 0.0516. The number of hydrogen-bond donors (Lipinski definition) is 3. The van der Waals surface area contributed by atoms with Gasteiger partial charge in [0.1, 0.15) is 5.69 Å². The van der Waals surface area contributed by atoms with Gasteiger partial charge in [-0.3, -0.25) is 0 Å². The quantitative estimate of drug-likeness (QED) is 0.628. The first-order chi connectivity index (χ1) is 7.11. The van der Waals surface area contributed by atoms with E-state index in [9.17, 15) is 9.59 Å². The number of aliphatic hydroxyl groups excluding tert-OH is 1. The zero-order chi connectivity index (χ0) is 11.4. The molecule has 0 spiro atoms. The molecular formula is C9H11NO5. The van der Waals surface area contributed by atoms with E-state index in [0.29, 0.717) is 0 Å². The number of aliphatic hydroxyl groups is 1. The number of rotatable bonds is 4. The van der Waals surface area contributed by atoms with Crippen molar-refractivity contribution in [3.05, 3.63) is 23.0 Å². The Balaban J connectivity index is 3.09. The molecule has 1 aromatic heterocycles. The van der Waals surface area contributed by atoms with Crippen molar-refractivity contribution < 1.29 is 24.5 Å². The molecule has 3 N–H and O–H groups in total. The average molecular weight is 213 g/mol. The van der Waals surface area contributed by atoms with Crippen LogP contribution in [0.4, 0.5) is 0 Å². The van der Waals surface area contributed by atoms with Crippen LogP contribution in [0.5, 0.6) is 0 Å². The number of carboxylic acids is 1. The summed E-state index contributed by atoms with van der Waals surface area (Å²) < 4.78 is 4.69. The lowest BCUT2D eigenvalue weighted by atomic mass is 10.1. The zero-order valence-corrected chi connectivity index (χ0v) is 8.11. The monoisotopic (exact) mass is 213 g/mol. The Hall–Kier alpha value is -1.82. The summed E-state index contributed by atoms with van der Waals surface area (Å²) in [6, 6.07) is 0. The summed E-state index contributed by atoms with van der Waals surface area (Å²) in [6.45, 7) is 1.29. The molecule has 1 rings (SSSR count). The van der Waals surface area contributed by atoms with Gasteiger partial charge >= 0.3 is 11.9 Å². The summed E-state index contributed by atoms with van der Waals surface area (Å²) >= 11 is 0. The van der Waals surface area contributed by atoms with Gasteiger partial charge < -0.3 is 19.9 Å². The van der Waals surface area contributed by atoms with Gasteiger partial charge in [0.25, 0.3) is 0 Å². The number of ether oxygens (including phenoxy) is 1. The van der Waals surface area contributed by atoms with Crippen LogP contribution in [-0.4, -0.2) is 33.7 Å².